The van der Waals surface area contributed by atoms with E-state index in [0.717, 1.165) is 34.6 Å². The van der Waals surface area contributed by atoms with Crippen LogP contribution in [0.25, 0.3) is 10.1 Å². The minimum Gasteiger partial charge on any atom is -0.494 e. The number of carbonyl (C=O) groups is 1. The highest BCUT2D eigenvalue weighted by Gasteiger charge is 2.17. The number of hydrogen-bond donors (Lipinski definition) is 2. The summed E-state index contributed by atoms with van der Waals surface area (Å²) < 4.78 is 6.73. The average Bonchev–Trinajstić information content (AvgIpc) is 3.09. The molecule has 0 aliphatic carbocycles. The van der Waals surface area contributed by atoms with Crippen molar-refractivity contribution in [2.75, 3.05) is 11.9 Å². The van der Waals surface area contributed by atoms with Crippen LogP contribution in [-0.4, -0.2) is 17.6 Å². The Kier molecular flexibility index (Phi) is 8.49. The van der Waals surface area contributed by atoms with Gasteiger partial charge in [-0.25, -0.2) is 0 Å². The Morgan fingerprint density at radius 1 is 1.07 bits per heavy atom. The van der Waals surface area contributed by atoms with Crippen LogP contribution in [0.15, 0.2) is 48.5 Å². The van der Waals surface area contributed by atoms with Crippen molar-refractivity contribution in [2.45, 2.75) is 39.0 Å². The first-order chi connectivity index (χ1) is 14.6. The molecular weight excluding hydrogens is 436 g/mol. The number of benzene rings is 2. The number of unbranched alkanes of at least 4 members (excludes halogenated alkanes) is 4. The van der Waals surface area contributed by atoms with Crippen LogP contribution in [0, 0.1) is 0 Å². The topological polar surface area (TPSA) is 50.4 Å². The van der Waals surface area contributed by atoms with Gasteiger partial charge in [-0.15, -0.1) is 11.3 Å². The summed E-state index contributed by atoms with van der Waals surface area (Å²) >= 11 is 13.0. The SMILES string of the molecule is CCCCCCCOc1ccc(NC(=S)NC(=O)c2sc3ccccc3c2Cl)cc1. The first-order valence-electron chi connectivity index (χ1n) is 10.1. The molecule has 30 heavy (non-hydrogen) atoms. The summed E-state index contributed by atoms with van der Waals surface area (Å²) in [5.41, 5.74) is 0.776. The van der Waals surface area contributed by atoms with Crippen molar-refractivity contribution in [3.63, 3.8) is 0 Å². The lowest BCUT2D eigenvalue weighted by Crippen LogP contribution is -2.33. The van der Waals surface area contributed by atoms with E-state index in [4.69, 9.17) is 28.6 Å². The fourth-order valence-electron chi connectivity index (χ4n) is 3.01. The average molecular weight is 461 g/mol. The Hall–Kier alpha value is -2.15. The number of rotatable bonds is 9. The minimum absolute atomic E-state index is 0.220. The third-order valence-corrected chi connectivity index (χ3v) is 6.48. The van der Waals surface area contributed by atoms with Gasteiger partial charge in [0.1, 0.15) is 10.6 Å². The number of nitrogens with one attached hydrogen (secondary N) is 2. The molecule has 7 heteroatoms. The Balaban J connectivity index is 1.48. The predicted molar refractivity (Wildman–Crippen MR) is 131 cm³/mol. The lowest BCUT2D eigenvalue weighted by atomic mass is 10.2. The summed E-state index contributed by atoms with van der Waals surface area (Å²) in [5.74, 6) is 0.504. The van der Waals surface area contributed by atoms with Crippen LogP contribution in [0.4, 0.5) is 5.69 Å². The number of ether oxygens (including phenoxy) is 1. The summed E-state index contributed by atoms with van der Waals surface area (Å²) in [6.45, 7) is 2.93. The molecule has 0 unspecified atom stereocenters. The maximum absolute atomic E-state index is 12.6. The van der Waals surface area contributed by atoms with E-state index < -0.39 is 0 Å². The molecule has 3 aromatic rings. The second-order valence-corrected chi connectivity index (χ2v) is 8.78. The highest BCUT2D eigenvalue weighted by molar-refractivity contribution is 7.80. The standard InChI is InChI=1S/C23H25ClN2O2S2/c1-2-3-4-5-8-15-28-17-13-11-16(12-14-17)25-23(29)26-22(27)21-20(24)18-9-6-7-10-19(18)30-21/h6-7,9-14H,2-5,8,15H2,1H3,(H2,25,26,27,29). The number of fused-ring (bicyclic) bond motifs is 1. The smallest absolute Gasteiger partial charge is 0.269 e. The van der Waals surface area contributed by atoms with Gasteiger partial charge in [-0.3, -0.25) is 10.1 Å². The van der Waals surface area contributed by atoms with E-state index in [-0.39, 0.29) is 11.0 Å². The molecule has 1 heterocycles. The third kappa shape index (κ3) is 6.17. The molecule has 3 rings (SSSR count). The van der Waals surface area contributed by atoms with Gasteiger partial charge in [-0.05, 0) is 49.0 Å². The lowest BCUT2D eigenvalue weighted by molar-refractivity contribution is 0.0982. The Morgan fingerprint density at radius 2 is 1.80 bits per heavy atom. The number of thiocarbonyl (C=S) groups is 1. The van der Waals surface area contributed by atoms with Crippen molar-refractivity contribution in [2.24, 2.45) is 0 Å². The predicted octanol–water partition coefficient (Wildman–Crippen LogP) is 7.03. The largest absolute Gasteiger partial charge is 0.494 e. The second kappa shape index (κ2) is 11.3. The summed E-state index contributed by atoms with van der Waals surface area (Å²) in [7, 11) is 0. The first-order valence-corrected chi connectivity index (χ1v) is 11.7. The van der Waals surface area contributed by atoms with Crippen LogP contribution in [0.5, 0.6) is 5.75 Å². The number of carbonyl (C=O) groups excluding carboxylic acids is 1. The molecule has 0 aliphatic rings. The van der Waals surface area contributed by atoms with Crippen molar-refractivity contribution in [3.8, 4) is 5.75 Å². The van der Waals surface area contributed by atoms with Crippen LogP contribution in [-0.2, 0) is 0 Å². The zero-order valence-corrected chi connectivity index (χ0v) is 19.3. The van der Waals surface area contributed by atoms with Gasteiger partial charge in [0, 0.05) is 15.8 Å². The van der Waals surface area contributed by atoms with Gasteiger partial charge in [0.2, 0.25) is 0 Å². The van der Waals surface area contributed by atoms with Gasteiger partial charge in [-0.1, -0.05) is 62.4 Å². The van der Waals surface area contributed by atoms with Crippen molar-refractivity contribution in [3.05, 3.63) is 58.4 Å². The van der Waals surface area contributed by atoms with Crippen LogP contribution in [0.2, 0.25) is 5.02 Å². The molecule has 1 aromatic heterocycles. The van der Waals surface area contributed by atoms with E-state index in [9.17, 15) is 4.79 Å². The van der Waals surface area contributed by atoms with E-state index in [1.165, 1.54) is 37.0 Å². The third-order valence-electron chi connectivity index (χ3n) is 4.60. The molecule has 158 valence electrons. The number of amides is 1. The quantitative estimate of drug-likeness (QED) is 0.266. The van der Waals surface area contributed by atoms with Gasteiger partial charge in [0.25, 0.3) is 5.91 Å². The highest BCUT2D eigenvalue weighted by Crippen LogP contribution is 2.35. The summed E-state index contributed by atoms with van der Waals surface area (Å²) in [6, 6.07) is 15.2. The fraction of sp³-hybridized carbons (Fsp3) is 0.304. The van der Waals surface area contributed by atoms with Crippen LogP contribution >= 0.6 is 35.2 Å². The molecule has 0 radical (unpaired) electrons. The molecule has 0 saturated heterocycles. The maximum Gasteiger partial charge on any atom is 0.269 e. The van der Waals surface area contributed by atoms with E-state index in [1.807, 2.05) is 48.5 Å². The first kappa shape index (κ1) is 22.5. The van der Waals surface area contributed by atoms with E-state index in [2.05, 4.69) is 17.6 Å². The van der Waals surface area contributed by atoms with Gasteiger partial charge >= 0.3 is 0 Å². The molecule has 0 atom stereocenters. The maximum atomic E-state index is 12.6. The summed E-state index contributed by atoms with van der Waals surface area (Å²) in [6.07, 6.45) is 6.06. The highest BCUT2D eigenvalue weighted by atomic mass is 35.5. The number of hydrogen-bond acceptors (Lipinski definition) is 4. The van der Waals surface area contributed by atoms with E-state index >= 15 is 0 Å². The fourth-order valence-corrected chi connectivity index (χ4v) is 4.64. The molecular formula is C23H25ClN2O2S2. The zero-order valence-electron chi connectivity index (χ0n) is 16.9. The summed E-state index contributed by atoms with van der Waals surface area (Å²) in [5, 5.41) is 7.26. The molecule has 0 bridgehead atoms. The summed E-state index contributed by atoms with van der Waals surface area (Å²) in [4.78, 5) is 13.0. The molecule has 4 nitrogen and oxygen atoms in total. The van der Waals surface area contributed by atoms with Crippen LogP contribution < -0.4 is 15.4 Å². The molecule has 2 N–H and O–H groups in total. The normalized spacial score (nSPS) is 10.7. The van der Waals surface area contributed by atoms with E-state index in [1.54, 1.807) is 0 Å². The Bertz CT molecular complexity index is 1000. The molecule has 0 fully saturated rings. The number of halogens is 1. The minimum atomic E-state index is -0.318. The monoisotopic (exact) mass is 460 g/mol. The Labute approximate surface area is 191 Å². The van der Waals surface area contributed by atoms with Gasteiger partial charge < -0.3 is 10.1 Å². The van der Waals surface area contributed by atoms with Crippen molar-refractivity contribution in [1.29, 1.82) is 0 Å². The molecule has 2 aromatic carbocycles. The number of anilines is 1. The molecule has 0 saturated carbocycles. The molecule has 0 spiro atoms. The zero-order chi connectivity index (χ0) is 21.3. The second-order valence-electron chi connectivity index (χ2n) is 6.94. The molecule has 0 aliphatic heterocycles. The van der Waals surface area contributed by atoms with Crippen molar-refractivity contribution >= 4 is 61.9 Å². The van der Waals surface area contributed by atoms with Gasteiger partial charge in [0.15, 0.2) is 5.11 Å². The van der Waals surface area contributed by atoms with E-state index in [0.29, 0.717) is 9.90 Å². The van der Waals surface area contributed by atoms with Crippen molar-refractivity contribution < 1.29 is 9.53 Å². The van der Waals surface area contributed by atoms with Crippen LogP contribution in [0.1, 0.15) is 48.7 Å². The Morgan fingerprint density at radius 3 is 2.53 bits per heavy atom. The van der Waals surface area contributed by atoms with Gasteiger partial charge in [0.05, 0.1) is 11.6 Å². The van der Waals surface area contributed by atoms with Crippen molar-refractivity contribution in [1.82, 2.24) is 5.32 Å². The van der Waals surface area contributed by atoms with Gasteiger partial charge in [-0.2, -0.15) is 0 Å². The number of thiophene rings is 1. The van der Waals surface area contributed by atoms with Crippen LogP contribution in [0.3, 0.4) is 0 Å². The lowest BCUT2D eigenvalue weighted by Gasteiger charge is -2.10. The molecule has 1 amide bonds.